The Balaban J connectivity index is 2.07. The van der Waals surface area contributed by atoms with E-state index >= 15 is 0 Å². The van der Waals surface area contributed by atoms with Gasteiger partial charge >= 0.3 is 0 Å². The minimum Gasteiger partial charge on any atom is -0.342 e. The number of carbonyl (C=O) groups excluding carboxylic acids is 1. The molecule has 1 amide bonds. The highest BCUT2D eigenvalue weighted by Crippen LogP contribution is 2.48. The quantitative estimate of drug-likeness (QED) is 0.721. The van der Waals surface area contributed by atoms with Crippen molar-refractivity contribution in [1.29, 1.82) is 0 Å². The van der Waals surface area contributed by atoms with Crippen LogP contribution in [-0.2, 0) is 4.79 Å². The molecule has 2 rings (SSSR count). The van der Waals surface area contributed by atoms with Gasteiger partial charge in [-0.2, -0.15) is 0 Å². The lowest BCUT2D eigenvalue weighted by atomic mass is 9.74. The van der Waals surface area contributed by atoms with Crippen molar-refractivity contribution < 1.29 is 4.79 Å². The summed E-state index contributed by atoms with van der Waals surface area (Å²) in [5.41, 5.74) is 0.325. The molecular weight excluding hydrogens is 210 g/mol. The van der Waals surface area contributed by atoms with E-state index in [0.29, 0.717) is 23.2 Å². The van der Waals surface area contributed by atoms with E-state index in [1.165, 1.54) is 6.42 Å². The smallest absolute Gasteiger partial charge is 0.228 e. The van der Waals surface area contributed by atoms with Gasteiger partial charge in [0.2, 0.25) is 5.91 Å². The average molecular weight is 237 g/mol. The fourth-order valence-electron chi connectivity index (χ4n) is 3.21. The molecule has 2 unspecified atom stereocenters. The van der Waals surface area contributed by atoms with Crippen molar-refractivity contribution in [3.05, 3.63) is 0 Å². The molecule has 0 aromatic carbocycles. The molecule has 0 bridgehead atoms. The molecule has 1 aliphatic heterocycles. The Labute approximate surface area is 106 Å². The lowest BCUT2D eigenvalue weighted by Gasteiger charge is -2.31. The van der Waals surface area contributed by atoms with Crippen LogP contribution in [0.25, 0.3) is 0 Å². The highest BCUT2D eigenvalue weighted by atomic mass is 16.2. The maximum Gasteiger partial charge on any atom is 0.228 e. The number of amides is 1. The van der Waals surface area contributed by atoms with Crippen LogP contribution in [0, 0.1) is 22.7 Å². The summed E-state index contributed by atoms with van der Waals surface area (Å²) in [6.45, 7) is 13.3. The molecule has 2 fully saturated rings. The van der Waals surface area contributed by atoms with Gasteiger partial charge in [0.05, 0.1) is 0 Å². The molecule has 98 valence electrons. The lowest BCUT2D eigenvalue weighted by Crippen LogP contribution is -2.35. The molecule has 1 saturated carbocycles. The Hall–Kier alpha value is -0.530. The number of carbonyl (C=O) groups is 1. The molecule has 0 aromatic rings. The average Bonchev–Trinajstić information content (AvgIpc) is 2.82. The Morgan fingerprint density at radius 3 is 2.24 bits per heavy atom. The van der Waals surface area contributed by atoms with Gasteiger partial charge in [-0.15, -0.1) is 0 Å². The summed E-state index contributed by atoms with van der Waals surface area (Å²) in [6, 6.07) is 0. The number of nitrogens with zero attached hydrogens (tertiary/aromatic N) is 1. The van der Waals surface area contributed by atoms with E-state index in [1.54, 1.807) is 0 Å². The first kappa shape index (κ1) is 12.9. The lowest BCUT2D eigenvalue weighted by molar-refractivity contribution is -0.135. The minimum absolute atomic E-state index is 0.00503. The van der Waals surface area contributed by atoms with Crippen molar-refractivity contribution in [3.63, 3.8) is 0 Å². The zero-order valence-electron chi connectivity index (χ0n) is 12.0. The van der Waals surface area contributed by atoms with E-state index in [9.17, 15) is 4.79 Å². The zero-order chi connectivity index (χ0) is 12.8. The molecule has 1 saturated heterocycles. The third-order valence-electron chi connectivity index (χ3n) is 4.88. The largest absolute Gasteiger partial charge is 0.342 e. The van der Waals surface area contributed by atoms with E-state index in [2.05, 4.69) is 39.5 Å². The maximum atomic E-state index is 12.4. The fraction of sp³-hybridized carbons (Fsp3) is 0.933. The molecule has 0 aromatic heterocycles. The van der Waals surface area contributed by atoms with Gasteiger partial charge in [0.15, 0.2) is 0 Å². The first-order valence-electron chi connectivity index (χ1n) is 7.07. The van der Waals surface area contributed by atoms with Crippen molar-refractivity contribution in [3.8, 4) is 0 Å². The molecule has 2 atom stereocenters. The van der Waals surface area contributed by atoms with Gasteiger partial charge in [-0.1, -0.05) is 41.0 Å². The van der Waals surface area contributed by atoms with Gasteiger partial charge in [-0.05, 0) is 30.1 Å². The second kappa shape index (κ2) is 4.00. The molecule has 2 heteroatoms. The van der Waals surface area contributed by atoms with E-state index < -0.39 is 0 Å². The molecular formula is C15H27NO. The molecule has 1 heterocycles. The summed E-state index contributed by atoms with van der Waals surface area (Å²) < 4.78 is 0. The van der Waals surface area contributed by atoms with Crippen molar-refractivity contribution in [2.45, 2.75) is 53.9 Å². The number of hydrogen-bond acceptors (Lipinski definition) is 1. The summed E-state index contributed by atoms with van der Waals surface area (Å²) in [6.07, 6.45) is 3.39. The molecule has 0 radical (unpaired) electrons. The monoisotopic (exact) mass is 237 g/mol. The Morgan fingerprint density at radius 1 is 1.29 bits per heavy atom. The van der Waals surface area contributed by atoms with Crippen molar-refractivity contribution in [2.24, 2.45) is 22.7 Å². The van der Waals surface area contributed by atoms with Crippen LogP contribution in [0.5, 0.6) is 0 Å². The fourth-order valence-corrected chi connectivity index (χ4v) is 3.21. The zero-order valence-corrected chi connectivity index (χ0v) is 12.0. The molecule has 0 spiro atoms. The third kappa shape index (κ3) is 2.36. The first-order valence-corrected chi connectivity index (χ1v) is 7.07. The van der Waals surface area contributed by atoms with E-state index in [1.807, 2.05) is 0 Å². The standard InChI is InChI=1S/C15H27NO/c1-6-11-9-16(10-12(11)14(2,3)4)13(17)15(5)7-8-15/h11-12H,6-10H2,1-5H3. The highest BCUT2D eigenvalue weighted by Gasteiger charge is 2.50. The van der Waals surface area contributed by atoms with Crippen LogP contribution in [0.15, 0.2) is 0 Å². The Morgan fingerprint density at radius 2 is 1.88 bits per heavy atom. The molecule has 17 heavy (non-hydrogen) atoms. The topological polar surface area (TPSA) is 20.3 Å². The van der Waals surface area contributed by atoms with Crippen LogP contribution < -0.4 is 0 Å². The van der Waals surface area contributed by atoms with Gasteiger partial charge in [-0.3, -0.25) is 4.79 Å². The van der Waals surface area contributed by atoms with E-state index in [-0.39, 0.29) is 5.41 Å². The Bertz CT molecular complexity index is 311. The predicted molar refractivity (Wildman–Crippen MR) is 70.6 cm³/mol. The highest BCUT2D eigenvalue weighted by molar-refractivity contribution is 5.85. The van der Waals surface area contributed by atoms with Gasteiger partial charge in [-0.25, -0.2) is 0 Å². The molecule has 1 aliphatic carbocycles. The van der Waals surface area contributed by atoms with Crippen molar-refractivity contribution >= 4 is 5.91 Å². The maximum absolute atomic E-state index is 12.4. The minimum atomic E-state index is 0.00503. The van der Waals surface area contributed by atoms with Crippen LogP contribution in [0.2, 0.25) is 0 Å². The third-order valence-corrected chi connectivity index (χ3v) is 4.88. The van der Waals surface area contributed by atoms with Crippen LogP contribution in [0.4, 0.5) is 0 Å². The van der Waals surface area contributed by atoms with Crippen molar-refractivity contribution in [1.82, 2.24) is 4.90 Å². The second-order valence-corrected chi connectivity index (χ2v) is 7.41. The summed E-state index contributed by atoms with van der Waals surface area (Å²) in [5, 5.41) is 0. The second-order valence-electron chi connectivity index (χ2n) is 7.41. The Kier molecular flexibility index (Phi) is 3.04. The summed E-state index contributed by atoms with van der Waals surface area (Å²) in [7, 11) is 0. The molecule has 0 N–H and O–H groups in total. The van der Waals surface area contributed by atoms with Crippen LogP contribution in [0.1, 0.15) is 53.9 Å². The van der Waals surface area contributed by atoms with Crippen LogP contribution in [-0.4, -0.2) is 23.9 Å². The molecule has 2 nitrogen and oxygen atoms in total. The van der Waals surface area contributed by atoms with Crippen molar-refractivity contribution in [2.75, 3.05) is 13.1 Å². The van der Waals surface area contributed by atoms with Gasteiger partial charge in [0.25, 0.3) is 0 Å². The summed E-state index contributed by atoms with van der Waals surface area (Å²) >= 11 is 0. The van der Waals surface area contributed by atoms with Gasteiger partial charge < -0.3 is 4.90 Å². The number of hydrogen-bond donors (Lipinski definition) is 0. The first-order chi connectivity index (χ1) is 7.78. The van der Waals surface area contributed by atoms with Crippen LogP contribution >= 0.6 is 0 Å². The SMILES string of the molecule is CCC1CN(C(=O)C2(C)CC2)CC1C(C)(C)C. The number of likely N-dealkylation sites (tertiary alicyclic amines) is 1. The summed E-state index contributed by atoms with van der Waals surface area (Å²) in [4.78, 5) is 14.5. The van der Waals surface area contributed by atoms with E-state index in [0.717, 1.165) is 25.9 Å². The molecule has 2 aliphatic rings. The predicted octanol–water partition coefficient (Wildman–Crippen LogP) is 3.32. The summed E-state index contributed by atoms with van der Waals surface area (Å²) in [5.74, 6) is 1.78. The number of rotatable bonds is 2. The normalized spacial score (nSPS) is 31.7. The van der Waals surface area contributed by atoms with E-state index in [4.69, 9.17) is 0 Å². The van der Waals surface area contributed by atoms with Gasteiger partial charge in [0, 0.05) is 18.5 Å². The van der Waals surface area contributed by atoms with Gasteiger partial charge in [0.1, 0.15) is 0 Å². The van der Waals surface area contributed by atoms with Crippen LogP contribution in [0.3, 0.4) is 0 Å².